The predicted molar refractivity (Wildman–Crippen MR) is 83.8 cm³/mol. The second-order valence-corrected chi connectivity index (χ2v) is 5.95. The Labute approximate surface area is 141 Å². The Kier molecular flexibility index (Phi) is 7.58. The van der Waals surface area contributed by atoms with E-state index in [2.05, 4.69) is 21.2 Å². The fourth-order valence-corrected chi connectivity index (χ4v) is 3.24. The third-order valence-electron chi connectivity index (χ3n) is 3.63. The van der Waals surface area contributed by atoms with E-state index in [1.165, 1.54) is 6.07 Å². The molecule has 126 valence electrons. The van der Waals surface area contributed by atoms with E-state index in [-0.39, 0.29) is 18.8 Å². The first-order valence-corrected chi connectivity index (χ1v) is 7.63. The first-order valence-electron chi connectivity index (χ1n) is 6.84. The summed E-state index contributed by atoms with van der Waals surface area (Å²) in [5.74, 6) is -0.463. The first kappa shape index (κ1) is 19.7. The maximum Gasteiger partial charge on any atom is 0.389 e. The average molecular weight is 406 g/mol. The highest BCUT2D eigenvalue weighted by molar-refractivity contribution is 9.10. The molecular weight excluding hydrogens is 388 g/mol. The molecular formula is C14H18BrClF4N2. The smallest absolute Gasteiger partial charge is 0.314 e. The normalized spacial score (nSPS) is 17.9. The van der Waals surface area contributed by atoms with E-state index in [0.717, 1.165) is 0 Å². The van der Waals surface area contributed by atoms with E-state index >= 15 is 0 Å². The van der Waals surface area contributed by atoms with Crippen molar-refractivity contribution < 1.29 is 17.6 Å². The van der Waals surface area contributed by atoms with Crippen LogP contribution in [-0.2, 0) is 0 Å². The maximum absolute atomic E-state index is 14.1. The topological polar surface area (TPSA) is 15.3 Å². The van der Waals surface area contributed by atoms with E-state index in [9.17, 15) is 17.6 Å². The summed E-state index contributed by atoms with van der Waals surface area (Å²) in [4.78, 5) is 1.92. The molecule has 1 aromatic carbocycles. The van der Waals surface area contributed by atoms with Gasteiger partial charge in [0.05, 0.1) is 0 Å². The van der Waals surface area contributed by atoms with Gasteiger partial charge in [-0.25, -0.2) is 4.39 Å². The van der Waals surface area contributed by atoms with Gasteiger partial charge in [0.2, 0.25) is 0 Å². The minimum absolute atomic E-state index is 0. The van der Waals surface area contributed by atoms with Gasteiger partial charge in [-0.2, -0.15) is 13.2 Å². The van der Waals surface area contributed by atoms with Crippen LogP contribution in [0.1, 0.15) is 24.4 Å². The maximum atomic E-state index is 14.1. The predicted octanol–water partition coefficient (Wildman–Crippen LogP) is 4.30. The van der Waals surface area contributed by atoms with Gasteiger partial charge in [0.15, 0.2) is 0 Å². The minimum Gasteiger partial charge on any atom is -0.314 e. The van der Waals surface area contributed by atoms with Crippen LogP contribution >= 0.6 is 28.3 Å². The van der Waals surface area contributed by atoms with Gasteiger partial charge in [0, 0.05) is 48.7 Å². The Morgan fingerprint density at radius 1 is 1.23 bits per heavy atom. The van der Waals surface area contributed by atoms with E-state index < -0.39 is 24.5 Å². The molecule has 2 rings (SSSR count). The highest BCUT2D eigenvalue weighted by Crippen LogP contribution is 2.36. The van der Waals surface area contributed by atoms with Crippen LogP contribution in [-0.4, -0.2) is 37.3 Å². The molecule has 0 unspecified atom stereocenters. The van der Waals surface area contributed by atoms with Crippen molar-refractivity contribution in [2.24, 2.45) is 0 Å². The minimum atomic E-state index is -4.23. The van der Waals surface area contributed by atoms with Crippen LogP contribution in [0.3, 0.4) is 0 Å². The molecule has 1 fully saturated rings. The van der Waals surface area contributed by atoms with Crippen molar-refractivity contribution in [3.63, 3.8) is 0 Å². The zero-order valence-electron chi connectivity index (χ0n) is 11.8. The number of benzene rings is 1. The van der Waals surface area contributed by atoms with Crippen molar-refractivity contribution in [3.05, 3.63) is 34.1 Å². The van der Waals surface area contributed by atoms with Gasteiger partial charge in [-0.1, -0.05) is 22.0 Å². The molecule has 0 amide bonds. The summed E-state index contributed by atoms with van der Waals surface area (Å²) in [6, 6.07) is 3.94. The summed E-state index contributed by atoms with van der Waals surface area (Å²) in [5.41, 5.74) is 0.323. The van der Waals surface area contributed by atoms with Gasteiger partial charge in [0.25, 0.3) is 0 Å². The molecule has 0 spiro atoms. The molecule has 1 aliphatic rings. The van der Waals surface area contributed by atoms with Crippen molar-refractivity contribution in [2.45, 2.75) is 25.1 Å². The number of alkyl halides is 3. The van der Waals surface area contributed by atoms with Crippen LogP contribution in [0.2, 0.25) is 0 Å². The van der Waals surface area contributed by atoms with Gasteiger partial charge in [-0.15, -0.1) is 12.4 Å². The lowest BCUT2D eigenvalue weighted by molar-refractivity contribution is -0.138. The Balaban J connectivity index is 0.00000242. The Bertz CT molecular complexity index is 458. The molecule has 1 atom stereocenters. The largest absolute Gasteiger partial charge is 0.389 e. The molecule has 1 N–H and O–H groups in total. The second-order valence-electron chi connectivity index (χ2n) is 5.09. The van der Waals surface area contributed by atoms with Crippen molar-refractivity contribution in [3.8, 4) is 0 Å². The van der Waals surface area contributed by atoms with Gasteiger partial charge < -0.3 is 5.32 Å². The number of nitrogens with one attached hydrogen (secondary N) is 1. The summed E-state index contributed by atoms with van der Waals surface area (Å²) in [7, 11) is 0. The molecule has 1 aromatic rings. The highest BCUT2D eigenvalue weighted by Gasteiger charge is 2.33. The van der Waals surface area contributed by atoms with E-state index in [4.69, 9.17) is 0 Å². The SMILES string of the molecule is Cl.Fc1cccc(Br)c1[C@H](CCC(F)(F)F)N1CCNCC1. The number of piperazine rings is 1. The van der Waals surface area contributed by atoms with E-state index in [1.54, 1.807) is 12.1 Å². The molecule has 1 heterocycles. The lowest BCUT2D eigenvalue weighted by Crippen LogP contribution is -2.45. The lowest BCUT2D eigenvalue weighted by atomic mass is 9.98. The first-order chi connectivity index (χ1) is 9.88. The van der Waals surface area contributed by atoms with Crippen LogP contribution in [0.5, 0.6) is 0 Å². The van der Waals surface area contributed by atoms with Gasteiger partial charge >= 0.3 is 6.18 Å². The Hall–Kier alpha value is -0.370. The molecule has 0 radical (unpaired) electrons. The molecule has 0 aliphatic carbocycles. The fourth-order valence-electron chi connectivity index (χ4n) is 2.63. The van der Waals surface area contributed by atoms with Crippen molar-refractivity contribution >= 4 is 28.3 Å². The number of rotatable bonds is 4. The Morgan fingerprint density at radius 2 is 1.86 bits per heavy atom. The zero-order valence-corrected chi connectivity index (χ0v) is 14.2. The van der Waals surface area contributed by atoms with Gasteiger partial charge in [-0.05, 0) is 18.6 Å². The fraction of sp³-hybridized carbons (Fsp3) is 0.571. The van der Waals surface area contributed by atoms with Crippen molar-refractivity contribution in [1.29, 1.82) is 0 Å². The van der Waals surface area contributed by atoms with Gasteiger partial charge in [0.1, 0.15) is 5.82 Å². The van der Waals surface area contributed by atoms with E-state index in [1.807, 2.05) is 4.90 Å². The van der Waals surface area contributed by atoms with Gasteiger partial charge in [-0.3, -0.25) is 4.90 Å². The van der Waals surface area contributed by atoms with Crippen LogP contribution in [0.15, 0.2) is 22.7 Å². The number of hydrogen-bond donors (Lipinski definition) is 1. The standard InChI is InChI=1S/C14H17BrF4N2.ClH/c15-10-2-1-3-11(16)13(10)12(4-5-14(17,18)19)21-8-6-20-7-9-21;/h1-3,12,20H,4-9H2;1H/t12-;/m0./s1. The summed E-state index contributed by atoms with van der Waals surface area (Å²) in [6.07, 6.45) is -5.28. The molecule has 2 nitrogen and oxygen atoms in total. The van der Waals surface area contributed by atoms with Crippen LogP contribution in [0, 0.1) is 5.82 Å². The monoisotopic (exact) mass is 404 g/mol. The Morgan fingerprint density at radius 3 is 2.41 bits per heavy atom. The summed E-state index contributed by atoms with van der Waals surface area (Å²) < 4.78 is 52.3. The third kappa shape index (κ3) is 5.37. The van der Waals surface area contributed by atoms with E-state index in [0.29, 0.717) is 36.2 Å². The molecule has 0 bridgehead atoms. The van der Waals surface area contributed by atoms with Crippen LogP contribution in [0.25, 0.3) is 0 Å². The quantitative estimate of drug-likeness (QED) is 0.752. The van der Waals surface area contributed by atoms with Crippen LogP contribution < -0.4 is 5.32 Å². The van der Waals surface area contributed by atoms with Crippen LogP contribution in [0.4, 0.5) is 17.6 Å². The summed E-state index contributed by atoms with van der Waals surface area (Å²) in [5, 5.41) is 3.15. The molecule has 1 aliphatic heterocycles. The molecule has 0 aromatic heterocycles. The molecule has 0 saturated carbocycles. The lowest BCUT2D eigenvalue weighted by Gasteiger charge is -2.36. The summed E-state index contributed by atoms with van der Waals surface area (Å²) >= 11 is 3.27. The number of nitrogens with zero attached hydrogens (tertiary/aromatic N) is 1. The second kappa shape index (κ2) is 8.47. The summed E-state index contributed by atoms with van der Waals surface area (Å²) in [6.45, 7) is 2.63. The number of halogens is 6. The average Bonchev–Trinajstić information content (AvgIpc) is 2.42. The highest BCUT2D eigenvalue weighted by atomic mass is 79.9. The molecule has 1 saturated heterocycles. The van der Waals surface area contributed by atoms with Crippen molar-refractivity contribution in [1.82, 2.24) is 10.2 Å². The molecule has 22 heavy (non-hydrogen) atoms. The number of hydrogen-bond acceptors (Lipinski definition) is 2. The molecule has 8 heteroatoms. The van der Waals surface area contributed by atoms with Crippen molar-refractivity contribution in [2.75, 3.05) is 26.2 Å². The third-order valence-corrected chi connectivity index (χ3v) is 4.32. The zero-order chi connectivity index (χ0) is 15.5.